The number of aryl methyl sites for hydroxylation is 1. The van der Waals surface area contributed by atoms with Gasteiger partial charge in [-0.1, -0.05) is 39.0 Å². The molecule has 1 fully saturated rings. The van der Waals surface area contributed by atoms with E-state index in [0.29, 0.717) is 6.04 Å². The Kier molecular flexibility index (Phi) is 6.09. The van der Waals surface area contributed by atoms with Crippen molar-refractivity contribution >= 4 is 11.6 Å². The van der Waals surface area contributed by atoms with Crippen molar-refractivity contribution in [3.63, 3.8) is 0 Å². The number of anilines is 2. The molecule has 20 heavy (non-hydrogen) atoms. The van der Waals surface area contributed by atoms with Crippen molar-refractivity contribution in [2.75, 3.05) is 17.7 Å². The van der Waals surface area contributed by atoms with Crippen molar-refractivity contribution in [2.45, 2.75) is 70.8 Å². The molecule has 1 aromatic rings. The third-order valence-electron chi connectivity index (χ3n) is 3.96. The number of nitrogens with zero attached hydrogens (tertiary/aromatic N) is 2. The van der Waals surface area contributed by atoms with Gasteiger partial charge in [0.2, 0.25) is 0 Å². The van der Waals surface area contributed by atoms with E-state index in [0.717, 1.165) is 30.3 Å². The predicted octanol–water partition coefficient (Wildman–Crippen LogP) is 4.00. The zero-order chi connectivity index (χ0) is 14.2. The molecule has 0 bridgehead atoms. The Hall–Kier alpha value is -1.32. The minimum atomic E-state index is 0.574. The Bertz CT molecular complexity index is 397. The molecule has 4 heteroatoms. The number of hydrogen-bond acceptors (Lipinski definition) is 4. The average Bonchev–Trinajstić information content (AvgIpc) is 2.42. The van der Waals surface area contributed by atoms with Crippen LogP contribution < -0.4 is 10.6 Å². The Morgan fingerprint density at radius 1 is 1.05 bits per heavy atom. The van der Waals surface area contributed by atoms with Crippen LogP contribution in [-0.2, 0) is 6.42 Å². The van der Waals surface area contributed by atoms with Gasteiger partial charge >= 0.3 is 0 Å². The first-order chi connectivity index (χ1) is 9.81. The first kappa shape index (κ1) is 15.1. The van der Waals surface area contributed by atoms with Gasteiger partial charge in [0, 0.05) is 25.6 Å². The Balaban J connectivity index is 2.04. The van der Waals surface area contributed by atoms with Crippen LogP contribution in [0.2, 0.25) is 0 Å². The summed E-state index contributed by atoms with van der Waals surface area (Å²) in [7, 11) is 1.91. The van der Waals surface area contributed by atoms with Gasteiger partial charge in [0.05, 0.1) is 0 Å². The fourth-order valence-corrected chi connectivity index (χ4v) is 2.84. The van der Waals surface area contributed by atoms with Gasteiger partial charge < -0.3 is 10.6 Å². The highest BCUT2D eigenvalue weighted by Gasteiger charge is 2.12. The molecule has 0 amide bonds. The molecule has 1 aliphatic carbocycles. The minimum absolute atomic E-state index is 0.574. The van der Waals surface area contributed by atoms with E-state index < -0.39 is 0 Å². The summed E-state index contributed by atoms with van der Waals surface area (Å²) in [5, 5.41) is 6.77. The Labute approximate surface area is 122 Å². The van der Waals surface area contributed by atoms with Crippen molar-refractivity contribution in [1.29, 1.82) is 0 Å². The van der Waals surface area contributed by atoms with Gasteiger partial charge in [-0.25, -0.2) is 9.97 Å². The number of aromatic nitrogens is 2. The molecule has 4 nitrogen and oxygen atoms in total. The maximum Gasteiger partial charge on any atom is 0.133 e. The van der Waals surface area contributed by atoms with Crippen LogP contribution in [0.25, 0.3) is 0 Å². The van der Waals surface area contributed by atoms with Crippen molar-refractivity contribution in [2.24, 2.45) is 0 Å². The van der Waals surface area contributed by atoms with Crippen LogP contribution in [0.3, 0.4) is 0 Å². The number of rotatable bonds is 5. The second-order valence-electron chi connectivity index (χ2n) is 5.74. The second kappa shape index (κ2) is 8.08. The number of nitrogens with one attached hydrogen (secondary N) is 2. The lowest BCUT2D eigenvalue weighted by molar-refractivity contribution is 0.470. The van der Waals surface area contributed by atoms with E-state index in [1.54, 1.807) is 0 Å². The van der Waals surface area contributed by atoms with Crippen LogP contribution in [0, 0.1) is 0 Å². The highest BCUT2D eigenvalue weighted by atomic mass is 15.1. The van der Waals surface area contributed by atoms with Crippen LogP contribution in [0.1, 0.15) is 64.1 Å². The van der Waals surface area contributed by atoms with Gasteiger partial charge in [0.1, 0.15) is 17.5 Å². The zero-order valence-electron chi connectivity index (χ0n) is 12.9. The molecule has 112 valence electrons. The maximum absolute atomic E-state index is 4.66. The van der Waals surface area contributed by atoms with E-state index in [1.165, 1.54) is 44.9 Å². The third-order valence-corrected chi connectivity index (χ3v) is 3.96. The van der Waals surface area contributed by atoms with Crippen LogP contribution >= 0.6 is 0 Å². The minimum Gasteiger partial charge on any atom is -0.373 e. The van der Waals surface area contributed by atoms with E-state index in [1.807, 2.05) is 13.1 Å². The summed E-state index contributed by atoms with van der Waals surface area (Å²) in [6, 6.07) is 2.60. The lowest BCUT2D eigenvalue weighted by atomic mass is 9.97. The molecule has 2 N–H and O–H groups in total. The smallest absolute Gasteiger partial charge is 0.133 e. The molecule has 1 saturated carbocycles. The van der Waals surface area contributed by atoms with Crippen molar-refractivity contribution in [3.05, 3.63) is 11.9 Å². The fraction of sp³-hybridized carbons (Fsp3) is 0.750. The van der Waals surface area contributed by atoms with E-state index in [9.17, 15) is 0 Å². The summed E-state index contributed by atoms with van der Waals surface area (Å²) in [5.41, 5.74) is 0. The molecular formula is C16H28N4. The number of hydrogen-bond donors (Lipinski definition) is 2. The monoisotopic (exact) mass is 276 g/mol. The topological polar surface area (TPSA) is 49.8 Å². The average molecular weight is 276 g/mol. The highest BCUT2D eigenvalue weighted by molar-refractivity contribution is 5.47. The first-order valence-electron chi connectivity index (χ1n) is 8.14. The summed E-state index contributed by atoms with van der Waals surface area (Å²) in [5.74, 6) is 2.84. The lowest BCUT2D eigenvalue weighted by Gasteiger charge is -2.22. The molecular weight excluding hydrogens is 248 g/mol. The zero-order valence-corrected chi connectivity index (χ0v) is 12.9. The van der Waals surface area contributed by atoms with E-state index >= 15 is 0 Å². The molecule has 0 aliphatic heterocycles. The van der Waals surface area contributed by atoms with Gasteiger partial charge in [-0.05, 0) is 19.3 Å². The maximum atomic E-state index is 4.66. The molecule has 2 rings (SSSR count). The van der Waals surface area contributed by atoms with Crippen LogP contribution in [-0.4, -0.2) is 23.1 Å². The summed E-state index contributed by atoms with van der Waals surface area (Å²) in [4.78, 5) is 9.16. The van der Waals surface area contributed by atoms with Gasteiger partial charge in [-0.3, -0.25) is 0 Å². The third kappa shape index (κ3) is 4.66. The molecule has 0 atom stereocenters. The highest BCUT2D eigenvalue weighted by Crippen LogP contribution is 2.21. The fourth-order valence-electron chi connectivity index (χ4n) is 2.84. The second-order valence-corrected chi connectivity index (χ2v) is 5.74. The quantitative estimate of drug-likeness (QED) is 0.853. The standard InChI is InChI=1S/C16H28N4/c1-3-9-14-19-15(17-2)12-16(20-14)18-13-10-7-5-4-6-8-11-13/h12-13H,3-11H2,1-2H3,(H2,17,18,19,20). The van der Waals surface area contributed by atoms with Gasteiger partial charge in [-0.2, -0.15) is 0 Å². The van der Waals surface area contributed by atoms with Crippen molar-refractivity contribution < 1.29 is 0 Å². The molecule has 0 unspecified atom stereocenters. The van der Waals surface area contributed by atoms with E-state index in [4.69, 9.17) is 0 Å². The molecule has 0 saturated heterocycles. The van der Waals surface area contributed by atoms with Crippen molar-refractivity contribution in [1.82, 2.24) is 9.97 Å². The predicted molar refractivity (Wildman–Crippen MR) is 85.3 cm³/mol. The molecule has 1 aliphatic rings. The van der Waals surface area contributed by atoms with E-state index in [2.05, 4.69) is 27.5 Å². The molecule has 1 heterocycles. The summed E-state index contributed by atoms with van der Waals surface area (Å²) < 4.78 is 0. The van der Waals surface area contributed by atoms with Gasteiger partial charge in [0.15, 0.2) is 0 Å². The van der Waals surface area contributed by atoms with Crippen LogP contribution in [0.15, 0.2) is 6.07 Å². The SMILES string of the molecule is CCCc1nc(NC)cc(NC2CCCCCCC2)n1. The van der Waals surface area contributed by atoms with Crippen LogP contribution in [0.4, 0.5) is 11.6 Å². The van der Waals surface area contributed by atoms with Crippen molar-refractivity contribution in [3.8, 4) is 0 Å². The molecule has 0 spiro atoms. The van der Waals surface area contributed by atoms with Crippen LogP contribution in [0.5, 0.6) is 0 Å². The Morgan fingerprint density at radius 3 is 2.35 bits per heavy atom. The Morgan fingerprint density at radius 2 is 1.70 bits per heavy atom. The van der Waals surface area contributed by atoms with Gasteiger partial charge in [0.25, 0.3) is 0 Å². The first-order valence-corrected chi connectivity index (χ1v) is 8.14. The van der Waals surface area contributed by atoms with Gasteiger partial charge in [-0.15, -0.1) is 0 Å². The summed E-state index contributed by atoms with van der Waals surface area (Å²) >= 11 is 0. The molecule has 1 aromatic heterocycles. The lowest BCUT2D eigenvalue weighted by Crippen LogP contribution is -2.21. The summed E-state index contributed by atoms with van der Waals surface area (Å²) in [6.07, 6.45) is 11.4. The molecule has 0 aromatic carbocycles. The largest absolute Gasteiger partial charge is 0.373 e. The normalized spacial score (nSPS) is 17.3. The van der Waals surface area contributed by atoms with E-state index in [-0.39, 0.29) is 0 Å². The molecule has 0 radical (unpaired) electrons. The summed E-state index contributed by atoms with van der Waals surface area (Å²) in [6.45, 7) is 2.16.